The van der Waals surface area contributed by atoms with Crippen molar-refractivity contribution in [1.29, 1.82) is 0 Å². The first-order valence-corrected chi connectivity index (χ1v) is 2.34. The van der Waals surface area contributed by atoms with Gasteiger partial charge >= 0.3 is 0 Å². The van der Waals surface area contributed by atoms with E-state index >= 15 is 0 Å². The van der Waals surface area contributed by atoms with Gasteiger partial charge in [0.2, 0.25) is 0 Å². The lowest BCUT2D eigenvalue weighted by molar-refractivity contribution is -0.835. The topological polar surface area (TPSA) is 0 Å². The van der Waals surface area contributed by atoms with E-state index in [9.17, 15) is 0 Å². The standard InChI is InChI=1S/C6H13N/c1-5-6-7(2,3)4/h5-6H,1H2,2-4H3/q+1. The van der Waals surface area contributed by atoms with E-state index in [1.807, 2.05) is 6.54 Å². The molecule has 0 heterocycles. The van der Waals surface area contributed by atoms with E-state index in [4.69, 9.17) is 0 Å². The van der Waals surface area contributed by atoms with E-state index in [2.05, 4.69) is 27.7 Å². The van der Waals surface area contributed by atoms with Crippen molar-refractivity contribution in [2.45, 2.75) is 0 Å². The second-order valence-electron chi connectivity index (χ2n) is 2.50. The van der Waals surface area contributed by atoms with Crippen LogP contribution in [0.2, 0.25) is 0 Å². The molecular weight excluding hydrogens is 86.1 g/mol. The predicted octanol–water partition coefficient (Wildman–Crippen LogP) is 1.04. The fraction of sp³-hybridized carbons (Fsp3) is 0.500. The summed E-state index contributed by atoms with van der Waals surface area (Å²) in [6, 6.07) is 0. The summed E-state index contributed by atoms with van der Waals surface area (Å²) in [5.41, 5.74) is 0. The molecule has 0 bridgehead atoms. The summed E-state index contributed by atoms with van der Waals surface area (Å²) in [4.78, 5) is 0. The van der Waals surface area contributed by atoms with Crippen LogP contribution < -0.4 is 0 Å². The molecule has 1 nitrogen and oxygen atoms in total. The minimum Gasteiger partial charge on any atom is -0.320 e. The van der Waals surface area contributed by atoms with E-state index in [-0.39, 0.29) is 0 Å². The van der Waals surface area contributed by atoms with Gasteiger partial charge in [0.05, 0.1) is 21.1 Å². The summed E-state index contributed by atoms with van der Waals surface area (Å²) in [6.45, 7) is 5.59. The van der Waals surface area contributed by atoms with E-state index in [1.54, 1.807) is 6.08 Å². The minimum atomic E-state index is 0.851. The molecule has 0 aliphatic rings. The zero-order valence-corrected chi connectivity index (χ0v) is 5.31. The number of likely N-dealkylation sites (N-methyl/N-ethyl adjacent to an activating group) is 1. The molecule has 0 spiro atoms. The lowest BCUT2D eigenvalue weighted by atomic mass is 10.5. The van der Waals surface area contributed by atoms with Gasteiger partial charge < -0.3 is 4.48 Å². The number of hydrogen-bond acceptors (Lipinski definition) is 0. The summed E-state index contributed by atoms with van der Waals surface area (Å²) in [5, 5.41) is 0. The monoisotopic (exact) mass is 99.1 g/mol. The van der Waals surface area contributed by atoms with Crippen LogP contribution in [0.3, 0.4) is 0 Å². The zero-order chi connectivity index (χ0) is 5.91. The van der Waals surface area contributed by atoms with Gasteiger partial charge in [-0.3, -0.25) is 0 Å². The SMILES string of the molecule is C=C[CH][N+](C)(C)C. The molecule has 0 saturated carbocycles. The smallest absolute Gasteiger partial charge is 0.163 e. The zero-order valence-electron chi connectivity index (χ0n) is 5.31. The fourth-order valence-electron chi connectivity index (χ4n) is 0.316. The Morgan fingerprint density at radius 2 is 1.71 bits per heavy atom. The quantitative estimate of drug-likeness (QED) is 0.454. The molecule has 0 aromatic rings. The van der Waals surface area contributed by atoms with Crippen LogP contribution in [0.4, 0.5) is 0 Å². The van der Waals surface area contributed by atoms with E-state index < -0.39 is 0 Å². The molecule has 1 radical (unpaired) electrons. The van der Waals surface area contributed by atoms with E-state index in [0.29, 0.717) is 0 Å². The first-order valence-electron chi connectivity index (χ1n) is 2.34. The van der Waals surface area contributed by atoms with Crippen LogP contribution in [0.5, 0.6) is 0 Å². The van der Waals surface area contributed by atoms with Crippen molar-refractivity contribution in [1.82, 2.24) is 0 Å². The minimum absolute atomic E-state index is 0.851. The Hall–Kier alpha value is -0.300. The van der Waals surface area contributed by atoms with Gasteiger partial charge in [0.1, 0.15) is 0 Å². The number of nitrogens with zero attached hydrogens (tertiary/aromatic N) is 1. The highest BCUT2D eigenvalue weighted by Crippen LogP contribution is 1.93. The van der Waals surface area contributed by atoms with Crippen molar-refractivity contribution in [3.8, 4) is 0 Å². The Balaban J connectivity index is 3.34. The maximum Gasteiger partial charge on any atom is 0.163 e. The molecular formula is C6H13N+. The Morgan fingerprint density at radius 3 is 1.71 bits per heavy atom. The van der Waals surface area contributed by atoms with Gasteiger partial charge in [0.15, 0.2) is 6.54 Å². The average molecular weight is 99.2 g/mol. The molecule has 0 N–H and O–H groups in total. The third-order valence-electron chi connectivity index (χ3n) is 0.553. The molecule has 0 amide bonds. The molecule has 0 atom stereocenters. The third-order valence-corrected chi connectivity index (χ3v) is 0.553. The Bertz CT molecular complexity index is 59.1. The molecule has 0 rings (SSSR count). The summed E-state index contributed by atoms with van der Waals surface area (Å²) in [7, 11) is 6.26. The highest BCUT2D eigenvalue weighted by molar-refractivity contribution is 4.76. The molecule has 41 valence electrons. The van der Waals surface area contributed by atoms with Crippen molar-refractivity contribution >= 4 is 0 Å². The normalized spacial score (nSPS) is 11.3. The highest BCUT2D eigenvalue weighted by atomic mass is 15.3. The van der Waals surface area contributed by atoms with Crippen LogP contribution >= 0.6 is 0 Å². The van der Waals surface area contributed by atoms with Crippen molar-refractivity contribution in [2.75, 3.05) is 21.1 Å². The van der Waals surface area contributed by atoms with Crippen LogP contribution in [0.25, 0.3) is 0 Å². The van der Waals surface area contributed by atoms with Crippen molar-refractivity contribution < 1.29 is 4.48 Å². The second kappa shape index (κ2) is 2.12. The molecule has 1 heteroatoms. The van der Waals surface area contributed by atoms with Gasteiger partial charge in [-0.15, -0.1) is 0 Å². The van der Waals surface area contributed by atoms with Crippen molar-refractivity contribution in [2.24, 2.45) is 0 Å². The predicted molar refractivity (Wildman–Crippen MR) is 32.5 cm³/mol. The maximum atomic E-state index is 3.57. The van der Waals surface area contributed by atoms with Gasteiger partial charge in [-0.05, 0) is 6.08 Å². The van der Waals surface area contributed by atoms with Gasteiger partial charge in [-0.1, -0.05) is 6.58 Å². The van der Waals surface area contributed by atoms with Crippen molar-refractivity contribution in [3.05, 3.63) is 19.2 Å². The summed E-state index contributed by atoms with van der Waals surface area (Å²) < 4.78 is 0.851. The number of hydrogen-bond donors (Lipinski definition) is 0. The number of rotatable bonds is 2. The Kier molecular flexibility index (Phi) is 2.03. The molecule has 0 aromatic carbocycles. The number of quaternary nitrogens is 1. The van der Waals surface area contributed by atoms with Crippen molar-refractivity contribution in [3.63, 3.8) is 0 Å². The second-order valence-corrected chi connectivity index (χ2v) is 2.50. The van der Waals surface area contributed by atoms with Gasteiger partial charge in [-0.25, -0.2) is 0 Å². The van der Waals surface area contributed by atoms with Crippen LogP contribution in [-0.4, -0.2) is 25.6 Å². The fourth-order valence-corrected chi connectivity index (χ4v) is 0.316. The van der Waals surface area contributed by atoms with Crippen LogP contribution in [0, 0.1) is 6.54 Å². The van der Waals surface area contributed by atoms with Gasteiger partial charge in [0.25, 0.3) is 0 Å². The van der Waals surface area contributed by atoms with Gasteiger partial charge in [-0.2, -0.15) is 0 Å². The maximum absolute atomic E-state index is 3.57. The molecule has 0 aliphatic heterocycles. The Morgan fingerprint density at radius 1 is 1.29 bits per heavy atom. The van der Waals surface area contributed by atoms with Crippen LogP contribution in [0.1, 0.15) is 0 Å². The Labute approximate surface area is 45.8 Å². The van der Waals surface area contributed by atoms with E-state index in [0.717, 1.165) is 4.48 Å². The summed E-state index contributed by atoms with van der Waals surface area (Å²) >= 11 is 0. The molecule has 0 aromatic heterocycles. The summed E-state index contributed by atoms with van der Waals surface area (Å²) in [5.74, 6) is 0. The molecule has 0 unspecified atom stereocenters. The van der Waals surface area contributed by atoms with E-state index in [1.165, 1.54) is 0 Å². The molecule has 7 heavy (non-hydrogen) atoms. The van der Waals surface area contributed by atoms with Gasteiger partial charge in [0, 0.05) is 0 Å². The van der Waals surface area contributed by atoms with Crippen LogP contribution in [-0.2, 0) is 0 Å². The largest absolute Gasteiger partial charge is 0.320 e. The third kappa shape index (κ3) is 5.70. The highest BCUT2D eigenvalue weighted by Gasteiger charge is 2.01. The molecule has 0 aliphatic carbocycles. The molecule has 0 fully saturated rings. The van der Waals surface area contributed by atoms with Crippen LogP contribution in [0.15, 0.2) is 12.7 Å². The first-order chi connectivity index (χ1) is 3.06. The lowest BCUT2D eigenvalue weighted by Crippen LogP contribution is -2.29. The lowest BCUT2D eigenvalue weighted by Gasteiger charge is -2.19. The first kappa shape index (κ1) is 6.70. The average Bonchev–Trinajstić information content (AvgIpc) is 1.30. The molecule has 0 saturated heterocycles. The summed E-state index contributed by atoms with van der Waals surface area (Å²) in [6.07, 6.45) is 1.81.